The van der Waals surface area contributed by atoms with Gasteiger partial charge < -0.3 is 16.2 Å². The van der Waals surface area contributed by atoms with Crippen LogP contribution in [0.15, 0.2) is 11.4 Å². The predicted octanol–water partition coefficient (Wildman–Crippen LogP) is 1.16. The van der Waals surface area contributed by atoms with Crippen molar-refractivity contribution in [3.8, 4) is 0 Å². The molecule has 1 aliphatic carbocycles. The Labute approximate surface area is 111 Å². The number of hydrogen-bond donors (Lipinski definition) is 3. The Morgan fingerprint density at radius 1 is 1.61 bits per heavy atom. The molecule has 1 aliphatic rings. The van der Waals surface area contributed by atoms with Gasteiger partial charge in [-0.2, -0.15) is 0 Å². The SMILES string of the molecule is Cc1ccsc1CNC(=O)[C@H]1CC[C@@H](O)[C@H](N)C1. The maximum Gasteiger partial charge on any atom is 0.223 e. The van der Waals surface area contributed by atoms with Gasteiger partial charge in [0.2, 0.25) is 5.91 Å². The van der Waals surface area contributed by atoms with Crippen LogP contribution in [0.4, 0.5) is 0 Å². The molecule has 4 N–H and O–H groups in total. The molecule has 1 heterocycles. The Kier molecular flexibility index (Phi) is 4.37. The zero-order chi connectivity index (χ0) is 13.1. The van der Waals surface area contributed by atoms with Crippen LogP contribution in [0, 0.1) is 12.8 Å². The minimum absolute atomic E-state index is 0.0522. The lowest BCUT2D eigenvalue weighted by molar-refractivity contribution is -0.127. The second kappa shape index (κ2) is 5.82. The van der Waals surface area contributed by atoms with Gasteiger partial charge in [0.1, 0.15) is 0 Å². The average molecular weight is 268 g/mol. The fourth-order valence-corrected chi connectivity index (χ4v) is 3.17. The fourth-order valence-electron chi connectivity index (χ4n) is 2.32. The third kappa shape index (κ3) is 3.10. The smallest absolute Gasteiger partial charge is 0.223 e. The van der Waals surface area contributed by atoms with Crippen molar-refractivity contribution in [2.45, 2.75) is 44.9 Å². The van der Waals surface area contributed by atoms with E-state index >= 15 is 0 Å². The highest BCUT2D eigenvalue weighted by atomic mass is 32.1. The van der Waals surface area contributed by atoms with E-state index in [2.05, 4.69) is 11.4 Å². The number of aliphatic hydroxyl groups is 1. The van der Waals surface area contributed by atoms with Gasteiger partial charge in [0.05, 0.1) is 12.6 Å². The van der Waals surface area contributed by atoms with E-state index in [4.69, 9.17) is 5.73 Å². The van der Waals surface area contributed by atoms with Crippen molar-refractivity contribution < 1.29 is 9.90 Å². The van der Waals surface area contributed by atoms with E-state index in [1.165, 1.54) is 10.4 Å². The van der Waals surface area contributed by atoms with Gasteiger partial charge in [-0.25, -0.2) is 0 Å². The van der Waals surface area contributed by atoms with Crippen LogP contribution in [0.25, 0.3) is 0 Å². The molecule has 18 heavy (non-hydrogen) atoms. The monoisotopic (exact) mass is 268 g/mol. The van der Waals surface area contributed by atoms with Crippen LogP contribution in [0.1, 0.15) is 29.7 Å². The van der Waals surface area contributed by atoms with Crippen molar-refractivity contribution in [3.05, 3.63) is 21.9 Å². The summed E-state index contributed by atoms with van der Waals surface area (Å²) in [5, 5.41) is 14.5. The summed E-state index contributed by atoms with van der Waals surface area (Å²) < 4.78 is 0. The molecule has 0 spiro atoms. The van der Waals surface area contributed by atoms with Gasteiger partial charge >= 0.3 is 0 Å². The molecule has 1 saturated carbocycles. The van der Waals surface area contributed by atoms with E-state index in [1.807, 2.05) is 12.3 Å². The minimum atomic E-state index is -0.450. The lowest BCUT2D eigenvalue weighted by Crippen LogP contribution is -2.44. The van der Waals surface area contributed by atoms with Crippen molar-refractivity contribution in [1.82, 2.24) is 5.32 Å². The second-order valence-corrected chi connectivity index (χ2v) is 5.99. The molecule has 2 rings (SSSR count). The number of amides is 1. The Balaban J connectivity index is 1.83. The van der Waals surface area contributed by atoms with E-state index in [0.717, 1.165) is 6.42 Å². The standard InChI is InChI=1S/C13H20N2O2S/c1-8-4-5-18-12(8)7-15-13(17)9-2-3-11(16)10(14)6-9/h4-5,9-11,16H,2-3,6-7,14H2,1H3,(H,15,17)/t9-,10+,11+/m0/s1. The van der Waals surface area contributed by atoms with Crippen LogP contribution in [-0.2, 0) is 11.3 Å². The Bertz CT molecular complexity index is 419. The minimum Gasteiger partial charge on any atom is -0.392 e. The van der Waals surface area contributed by atoms with Crippen molar-refractivity contribution >= 4 is 17.2 Å². The van der Waals surface area contributed by atoms with Gasteiger partial charge in [-0.3, -0.25) is 4.79 Å². The number of aryl methyl sites for hydroxylation is 1. The number of rotatable bonds is 3. The van der Waals surface area contributed by atoms with Crippen LogP contribution >= 0.6 is 11.3 Å². The first-order chi connectivity index (χ1) is 8.58. The number of nitrogens with one attached hydrogen (secondary N) is 1. The average Bonchev–Trinajstić information content (AvgIpc) is 2.75. The summed E-state index contributed by atoms with van der Waals surface area (Å²) >= 11 is 1.66. The van der Waals surface area contributed by atoms with Gasteiger partial charge in [0.25, 0.3) is 0 Å². The Morgan fingerprint density at radius 2 is 2.39 bits per heavy atom. The lowest BCUT2D eigenvalue weighted by Gasteiger charge is -2.29. The highest BCUT2D eigenvalue weighted by Crippen LogP contribution is 2.24. The van der Waals surface area contributed by atoms with Crippen molar-refractivity contribution in [1.29, 1.82) is 0 Å². The molecule has 5 heteroatoms. The fraction of sp³-hybridized carbons (Fsp3) is 0.615. The van der Waals surface area contributed by atoms with Gasteiger partial charge in [-0.15, -0.1) is 11.3 Å². The van der Waals surface area contributed by atoms with Crippen LogP contribution < -0.4 is 11.1 Å². The molecule has 1 aromatic heterocycles. The zero-order valence-electron chi connectivity index (χ0n) is 10.6. The number of hydrogen-bond acceptors (Lipinski definition) is 4. The molecule has 4 nitrogen and oxygen atoms in total. The molecule has 0 aromatic carbocycles. The predicted molar refractivity (Wildman–Crippen MR) is 72.2 cm³/mol. The Morgan fingerprint density at radius 3 is 3.00 bits per heavy atom. The first kappa shape index (κ1) is 13.5. The summed E-state index contributed by atoms with van der Waals surface area (Å²) in [4.78, 5) is 13.2. The third-order valence-corrected chi connectivity index (χ3v) is 4.65. The lowest BCUT2D eigenvalue weighted by atomic mass is 9.84. The molecule has 1 fully saturated rings. The first-order valence-electron chi connectivity index (χ1n) is 6.32. The molecular formula is C13H20N2O2S. The van der Waals surface area contributed by atoms with Crippen LogP contribution in [0.5, 0.6) is 0 Å². The summed E-state index contributed by atoms with van der Waals surface area (Å²) in [6.45, 7) is 2.64. The van der Waals surface area contributed by atoms with Crippen LogP contribution in [-0.4, -0.2) is 23.2 Å². The molecule has 3 atom stereocenters. The topological polar surface area (TPSA) is 75.3 Å². The van der Waals surface area contributed by atoms with Gasteiger partial charge in [0, 0.05) is 16.8 Å². The molecular weight excluding hydrogens is 248 g/mol. The maximum absolute atomic E-state index is 12.0. The third-order valence-electron chi connectivity index (χ3n) is 3.62. The van der Waals surface area contributed by atoms with Crippen LogP contribution in [0.2, 0.25) is 0 Å². The summed E-state index contributed by atoms with van der Waals surface area (Å²) in [7, 11) is 0. The number of carbonyl (C=O) groups is 1. The van der Waals surface area contributed by atoms with Gasteiger partial charge in [-0.1, -0.05) is 0 Å². The first-order valence-corrected chi connectivity index (χ1v) is 7.20. The zero-order valence-corrected chi connectivity index (χ0v) is 11.4. The van der Waals surface area contributed by atoms with Crippen molar-refractivity contribution in [2.75, 3.05) is 0 Å². The summed E-state index contributed by atoms with van der Waals surface area (Å²) in [6, 6.07) is 1.79. The van der Waals surface area contributed by atoms with Crippen LogP contribution in [0.3, 0.4) is 0 Å². The van der Waals surface area contributed by atoms with Gasteiger partial charge in [-0.05, 0) is 43.2 Å². The van der Waals surface area contributed by atoms with E-state index in [9.17, 15) is 9.90 Å². The van der Waals surface area contributed by atoms with E-state index in [-0.39, 0.29) is 17.9 Å². The van der Waals surface area contributed by atoms with Gasteiger partial charge in [0.15, 0.2) is 0 Å². The molecule has 0 radical (unpaired) electrons. The van der Waals surface area contributed by atoms with E-state index in [0.29, 0.717) is 19.4 Å². The highest BCUT2D eigenvalue weighted by molar-refractivity contribution is 7.10. The summed E-state index contributed by atoms with van der Waals surface area (Å²) in [5.41, 5.74) is 7.01. The van der Waals surface area contributed by atoms with E-state index in [1.54, 1.807) is 11.3 Å². The summed E-state index contributed by atoms with van der Waals surface area (Å²) in [6.07, 6.45) is 1.48. The second-order valence-electron chi connectivity index (χ2n) is 4.99. The molecule has 100 valence electrons. The van der Waals surface area contributed by atoms with Crippen molar-refractivity contribution in [2.24, 2.45) is 11.7 Å². The molecule has 0 saturated heterocycles. The number of carbonyl (C=O) groups excluding carboxylic acids is 1. The highest BCUT2D eigenvalue weighted by Gasteiger charge is 2.30. The number of aliphatic hydroxyl groups excluding tert-OH is 1. The largest absolute Gasteiger partial charge is 0.392 e. The van der Waals surface area contributed by atoms with Crippen molar-refractivity contribution in [3.63, 3.8) is 0 Å². The maximum atomic E-state index is 12.0. The molecule has 1 aromatic rings. The molecule has 0 bridgehead atoms. The molecule has 0 aliphatic heterocycles. The Hall–Kier alpha value is -0.910. The molecule has 0 unspecified atom stereocenters. The normalized spacial score (nSPS) is 28.1. The summed E-state index contributed by atoms with van der Waals surface area (Å²) in [5.74, 6) is 0.00817. The van der Waals surface area contributed by atoms with E-state index < -0.39 is 6.10 Å². The number of thiophene rings is 1. The quantitative estimate of drug-likeness (QED) is 0.770. The number of nitrogens with two attached hydrogens (primary N) is 1. The molecule has 1 amide bonds.